The molecule has 0 aromatic heterocycles. The Bertz CT molecular complexity index is 437. The quantitative estimate of drug-likeness (QED) is 0.193. The SMILES string of the molecule is O=C(O)C(O)(C[C@H](O)CO[C@H]1O[C@H](CO)[C@H](O)[C@H](O)[C@H]1O)C(=O)O. The summed E-state index contributed by atoms with van der Waals surface area (Å²) in [5.74, 6) is -4.16. The molecule has 0 saturated carbocycles. The molecule has 0 aromatic carbocycles. The second-order valence-corrected chi connectivity index (χ2v) is 5.36. The first-order valence-electron chi connectivity index (χ1n) is 6.84. The topological polar surface area (TPSA) is 214 Å². The Morgan fingerprint density at radius 1 is 1.08 bits per heavy atom. The van der Waals surface area contributed by atoms with Gasteiger partial charge in [0.05, 0.1) is 19.3 Å². The van der Waals surface area contributed by atoms with Crippen LogP contribution < -0.4 is 0 Å². The average Bonchev–Trinajstić information content (AvgIpc) is 2.51. The standard InChI is InChI=1S/C12H20O12/c13-2-5-6(15)7(16)8(17)9(24-5)23-3-4(14)1-12(22,10(18)19)11(20)21/h4-9,13-17,22H,1-3H2,(H,18,19)(H,20,21)/t4-,5+,6-,7-,8+,9-/m0/s1. The van der Waals surface area contributed by atoms with E-state index in [0.29, 0.717) is 0 Å². The van der Waals surface area contributed by atoms with Gasteiger partial charge in [-0.1, -0.05) is 0 Å². The van der Waals surface area contributed by atoms with Crippen LogP contribution in [0.3, 0.4) is 0 Å². The first-order chi connectivity index (χ1) is 11.0. The highest BCUT2D eigenvalue weighted by molar-refractivity contribution is 6.01. The summed E-state index contributed by atoms with van der Waals surface area (Å²) in [7, 11) is 0. The predicted octanol–water partition coefficient (Wildman–Crippen LogP) is -4.55. The van der Waals surface area contributed by atoms with Crippen LogP contribution in [0.25, 0.3) is 0 Å². The van der Waals surface area contributed by atoms with Crippen molar-refractivity contribution in [1.82, 2.24) is 0 Å². The van der Waals surface area contributed by atoms with Crippen LogP contribution in [0.15, 0.2) is 0 Å². The Labute approximate surface area is 135 Å². The van der Waals surface area contributed by atoms with Crippen LogP contribution in [0.2, 0.25) is 0 Å². The van der Waals surface area contributed by atoms with E-state index < -0.39 is 74.0 Å². The lowest BCUT2D eigenvalue weighted by Gasteiger charge is -2.39. The van der Waals surface area contributed by atoms with Gasteiger partial charge in [0.15, 0.2) is 6.29 Å². The van der Waals surface area contributed by atoms with Crippen molar-refractivity contribution < 1.29 is 59.9 Å². The largest absolute Gasteiger partial charge is 0.479 e. The molecule has 1 heterocycles. The highest BCUT2D eigenvalue weighted by Crippen LogP contribution is 2.23. The number of aliphatic hydroxyl groups excluding tert-OH is 5. The minimum atomic E-state index is -3.24. The molecule has 12 heteroatoms. The third-order valence-corrected chi connectivity index (χ3v) is 3.54. The van der Waals surface area contributed by atoms with E-state index in [-0.39, 0.29) is 0 Å². The first kappa shape index (κ1) is 20.7. The smallest absolute Gasteiger partial charge is 0.347 e. The maximum absolute atomic E-state index is 10.8. The summed E-state index contributed by atoms with van der Waals surface area (Å²) in [6.07, 6.45) is -10.8. The number of hydrogen-bond donors (Lipinski definition) is 8. The highest BCUT2D eigenvalue weighted by Gasteiger charge is 2.47. The van der Waals surface area contributed by atoms with Crippen molar-refractivity contribution >= 4 is 11.9 Å². The van der Waals surface area contributed by atoms with E-state index in [1.54, 1.807) is 0 Å². The monoisotopic (exact) mass is 356 g/mol. The number of carboxylic acids is 2. The van der Waals surface area contributed by atoms with Crippen molar-refractivity contribution in [2.45, 2.75) is 48.8 Å². The predicted molar refractivity (Wildman–Crippen MR) is 70.6 cm³/mol. The number of ether oxygens (including phenoxy) is 2. The number of aliphatic carboxylic acids is 2. The van der Waals surface area contributed by atoms with Crippen LogP contribution in [0.4, 0.5) is 0 Å². The third kappa shape index (κ3) is 4.37. The van der Waals surface area contributed by atoms with Gasteiger partial charge in [-0.3, -0.25) is 0 Å². The number of carboxylic acid groups (broad SMARTS) is 2. The molecule has 1 saturated heterocycles. The molecule has 6 atom stereocenters. The molecule has 0 aliphatic carbocycles. The molecular formula is C12H20O12. The third-order valence-electron chi connectivity index (χ3n) is 3.54. The van der Waals surface area contributed by atoms with Crippen LogP contribution in [0.1, 0.15) is 6.42 Å². The summed E-state index contributed by atoms with van der Waals surface area (Å²) in [6.45, 7) is -1.46. The van der Waals surface area contributed by atoms with Gasteiger partial charge in [-0.25, -0.2) is 9.59 Å². The van der Waals surface area contributed by atoms with Gasteiger partial charge >= 0.3 is 11.9 Å². The van der Waals surface area contributed by atoms with Crippen LogP contribution >= 0.6 is 0 Å². The molecule has 1 rings (SSSR count). The molecule has 0 aromatic rings. The van der Waals surface area contributed by atoms with Gasteiger partial charge in [-0.05, 0) is 0 Å². The van der Waals surface area contributed by atoms with E-state index >= 15 is 0 Å². The molecule has 0 radical (unpaired) electrons. The zero-order valence-corrected chi connectivity index (χ0v) is 12.3. The summed E-state index contributed by atoms with van der Waals surface area (Å²) in [4.78, 5) is 21.6. The van der Waals surface area contributed by atoms with Crippen LogP contribution in [-0.4, -0.2) is 108 Å². The lowest BCUT2D eigenvalue weighted by molar-refractivity contribution is -0.305. The molecule has 0 unspecified atom stereocenters. The van der Waals surface area contributed by atoms with E-state index in [9.17, 15) is 35.1 Å². The number of hydrogen-bond acceptors (Lipinski definition) is 10. The zero-order valence-electron chi connectivity index (χ0n) is 12.3. The van der Waals surface area contributed by atoms with Crippen molar-refractivity contribution in [2.24, 2.45) is 0 Å². The van der Waals surface area contributed by atoms with Crippen molar-refractivity contribution in [3.05, 3.63) is 0 Å². The molecule has 0 spiro atoms. The van der Waals surface area contributed by atoms with Gasteiger partial charge in [0.25, 0.3) is 5.60 Å². The van der Waals surface area contributed by atoms with E-state index in [2.05, 4.69) is 0 Å². The first-order valence-corrected chi connectivity index (χ1v) is 6.84. The molecule has 1 aliphatic heterocycles. The molecule has 0 bridgehead atoms. The second-order valence-electron chi connectivity index (χ2n) is 5.36. The van der Waals surface area contributed by atoms with Crippen molar-refractivity contribution in [2.75, 3.05) is 13.2 Å². The molecule has 12 nitrogen and oxygen atoms in total. The van der Waals surface area contributed by atoms with E-state index in [4.69, 9.17) is 24.8 Å². The Morgan fingerprint density at radius 3 is 2.08 bits per heavy atom. The fourth-order valence-corrected chi connectivity index (χ4v) is 2.08. The number of aliphatic hydroxyl groups is 6. The fourth-order valence-electron chi connectivity index (χ4n) is 2.08. The molecule has 8 N–H and O–H groups in total. The Morgan fingerprint density at radius 2 is 1.62 bits per heavy atom. The second kappa shape index (κ2) is 8.13. The number of rotatable bonds is 8. The lowest BCUT2D eigenvalue weighted by Crippen LogP contribution is -2.59. The van der Waals surface area contributed by atoms with Crippen LogP contribution in [0, 0.1) is 0 Å². The fraction of sp³-hybridized carbons (Fsp3) is 0.833. The lowest BCUT2D eigenvalue weighted by atomic mass is 9.96. The Balaban J connectivity index is 2.64. The van der Waals surface area contributed by atoms with Crippen molar-refractivity contribution in [1.29, 1.82) is 0 Å². The minimum absolute atomic E-state index is 0.703. The molecule has 0 amide bonds. The van der Waals surface area contributed by atoms with E-state index in [1.807, 2.05) is 0 Å². The highest BCUT2D eigenvalue weighted by atomic mass is 16.7. The zero-order chi connectivity index (χ0) is 18.7. The van der Waals surface area contributed by atoms with Gasteiger partial charge in [0.1, 0.15) is 24.4 Å². The molecule has 1 aliphatic rings. The van der Waals surface area contributed by atoms with Gasteiger partial charge in [-0.2, -0.15) is 0 Å². The number of carbonyl (C=O) groups is 2. The van der Waals surface area contributed by atoms with Gasteiger partial charge in [-0.15, -0.1) is 0 Å². The molecule has 140 valence electrons. The maximum Gasteiger partial charge on any atom is 0.347 e. The summed E-state index contributed by atoms with van der Waals surface area (Å²) >= 11 is 0. The average molecular weight is 356 g/mol. The van der Waals surface area contributed by atoms with Crippen LogP contribution in [0.5, 0.6) is 0 Å². The Hall–Kier alpha value is -1.38. The maximum atomic E-state index is 10.8. The van der Waals surface area contributed by atoms with Gasteiger partial charge in [0, 0.05) is 6.42 Å². The summed E-state index contributed by atoms with van der Waals surface area (Å²) in [5.41, 5.74) is -3.24. The van der Waals surface area contributed by atoms with Gasteiger partial charge < -0.3 is 50.3 Å². The van der Waals surface area contributed by atoms with E-state index in [0.717, 1.165) is 0 Å². The van der Waals surface area contributed by atoms with Crippen molar-refractivity contribution in [3.63, 3.8) is 0 Å². The van der Waals surface area contributed by atoms with E-state index in [1.165, 1.54) is 0 Å². The normalized spacial score (nSPS) is 32.3. The Kier molecular flexibility index (Phi) is 7.00. The summed E-state index contributed by atoms with van der Waals surface area (Å²) in [6, 6.07) is 0. The molecule has 1 fully saturated rings. The minimum Gasteiger partial charge on any atom is -0.479 e. The summed E-state index contributed by atoms with van der Waals surface area (Å²) < 4.78 is 9.88. The van der Waals surface area contributed by atoms with Crippen molar-refractivity contribution in [3.8, 4) is 0 Å². The van der Waals surface area contributed by atoms with Gasteiger partial charge in [0.2, 0.25) is 0 Å². The summed E-state index contributed by atoms with van der Waals surface area (Å²) in [5, 5.41) is 74.3. The molecule has 24 heavy (non-hydrogen) atoms. The molecular weight excluding hydrogens is 336 g/mol. The van der Waals surface area contributed by atoms with Crippen LogP contribution in [-0.2, 0) is 19.1 Å².